The summed E-state index contributed by atoms with van der Waals surface area (Å²) in [6.45, 7) is 1.72. The highest BCUT2D eigenvalue weighted by Crippen LogP contribution is 1.98. The van der Waals surface area contributed by atoms with Gasteiger partial charge in [0.2, 0.25) is 0 Å². The topological polar surface area (TPSA) is 71.5 Å². The molecule has 0 aromatic carbocycles. The van der Waals surface area contributed by atoms with Gasteiger partial charge < -0.3 is 4.98 Å². The molecular weight excluding hydrogens is 156 g/mol. The number of aromatic amines is 1. The molecule has 2 rings (SSSR count). The summed E-state index contributed by atoms with van der Waals surface area (Å²) in [4.78, 5) is 25.4. The van der Waals surface area contributed by atoms with E-state index >= 15 is 0 Å². The first-order valence-electron chi connectivity index (χ1n) is 3.44. The van der Waals surface area contributed by atoms with Crippen molar-refractivity contribution in [2.75, 3.05) is 0 Å². The Morgan fingerprint density at radius 3 is 3.17 bits per heavy atom. The predicted octanol–water partition coefficient (Wildman–Crippen LogP) is 0.0215. The molecule has 0 bridgehead atoms. The molecule has 0 aliphatic rings. The fraction of sp³-hybridized carbons (Fsp3) is 0.143. The highest BCUT2D eigenvalue weighted by molar-refractivity contribution is 5.70. The monoisotopic (exact) mass is 162 g/mol. The van der Waals surface area contributed by atoms with Crippen LogP contribution in [-0.2, 0) is 0 Å². The summed E-state index contributed by atoms with van der Waals surface area (Å²) in [5.74, 6) is 0.572. The van der Waals surface area contributed by atoms with E-state index in [9.17, 15) is 4.79 Å². The van der Waals surface area contributed by atoms with E-state index < -0.39 is 0 Å². The number of aromatic nitrogens is 4. The number of hydrogen-bond donors (Lipinski definition) is 1. The highest BCUT2D eigenvalue weighted by Gasteiger charge is 2.00. The molecule has 5 heteroatoms. The van der Waals surface area contributed by atoms with Crippen LogP contribution < -0.4 is 5.56 Å². The van der Waals surface area contributed by atoms with Crippen LogP contribution in [0.4, 0.5) is 0 Å². The molecule has 2 aromatic rings. The van der Waals surface area contributed by atoms with Crippen molar-refractivity contribution in [2.45, 2.75) is 6.92 Å². The Labute approximate surface area is 67.5 Å². The van der Waals surface area contributed by atoms with E-state index in [1.165, 1.54) is 12.5 Å². The van der Waals surface area contributed by atoms with Crippen LogP contribution in [0.1, 0.15) is 5.82 Å². The molecule has 0 saturated heterocycles. The maximum Gasteiger partial charge on any atom is 0.277 e. The summed E-state index contributed by atoms with van der Waals surface area (Å²) in [5, 5.41) is 0. The maximum atomic E-state index is 11.2. The zero-order chi connectivity index (χ0) is 8.55. The number of nitrogens with zero attached hydrogens (tertiary/aromatic N) is 3. The van der Waals surface area contributed by atoms with Crippen molar-refractivity contribution in [3.63, 3.8) is 0 Å². The molecule has 5 nitrogen and oxygen atoms in total. The fourth-order valence-corrected chi connectivity index (χ4v) is 1.01. The molecular formula is C7H6N4O. The van der Waals surface area contributed by atoms with Gasteiger partial charge >= 0.3 is 0 Å². The van der Waals surface area contributed by atoms with Crippen molar-refractivity contribution in [1.29, 1.82) is 0 Å². The van der Waals surface area contributed by atoms with Crippen molar-refractivity contribution in [3.8, 4) is 0 Å². The van der Waals surface area contributed by atoms with E-state index in [2.05, 4.69) is 19.9 Å². The van der Waals surface area contributed by atoms with Crippen LogP contribution in [0, 0.1) is 6.92 Å². The molecule has 0 aliphatic heterocycles. The zero-order valence-corrected chi connectivity index (χ0v) is 6.40. The molecule has 2 heterocycles. The molecule has 60 valence electrons. The zero-order valence-electron chi connectivity index (χ0n) is 6.40. The second-order valence-electron chi connectivity index (χ2n) is 2.41. The van der Waals surface area contributed by atoms with E-state index in [1.54, 1.807) is 6.92 Å². The van der Waals surface area contributed by atoms with Crippen LogP contribution in [0.15, 0.2) is 17.3 Å². The van der Waals surface area contributed by atoms with Gasteiger partial charge in [-0.05, 0) is 6.92 Å². The smallest absolute Gasteiger partial charge is 0.277 e. The first kappa shape index (κ1) is 6.90. The molecule has 0 fully saturated rings. The normalized spacial score (nSPS) is 10.4. The average Bonchev–Trinajstić information content (AvgIpc) is 2.04. The summed E-state index contributed by atoms with van der Waals surface area (Å²) in [6.07, 6.45) is 2.85. The van der Waals surface area contributed by atoms with Crippen LogP contribution in [-0.4, -0.2) is 19.9 Å². The summed E-state index contributed by atoms with van der Waals surface area (Å²) < 4.78 is 0. The molecule has 2 aromatic heterocycles. The van der Waals surface area contributed by atoms with Crippen molar-refractivity contribution >= 4 is 11.0 Å². The largest absolute Gasteiger partial charge is 0.309 e. The minimum absolute atomic E-state index is 0.222. The average molecular weight is 162 g/mol. The highest BCUT2D eigenvalue weighted by atomic mass is 16.1. The third kappa shape index (κ3) is 0.952. The second-order valence-corrected chi connectivity index (χ2v) is 2.41. The van der Waals surface area contributed by atoms with Crippen molar-refractivity contribution in [1.82, 2.24) is 19.9 Å². The van der Waals surface area contributed by atoms with Crippen LogP contribution >= 0.6 is 0 Å². The molecule has 0 aliphatic carbocycles. The number of fused-ring (bicyclic) bond motifs is 1. The predicted molar refractivity (Wildman–Crippen MR) is 42.7 cm³/mol. The lowest BCUT2D eigenvalue weighted by Gasteiger charge is -1.94. The summed E-state index contributed by atoms with van der Waals surface area (Å²) in [7, 11) is 0. The quantitative estimate of drug-likeness (QED) is 0.592. The van der Waals surface area contributed by atoms with Crippen LogP contribution in [0.3, 0.4) is 0 Å². The Kier molecular flexibility index (Phi) is 1.36. The van der Waals surface area contributed by atoms with Gasteiger partial charge in [0.15, 0.2) is 5.52 Å². The van der Waals surface area contributed by atoms with E-state index in [0.29, 0.717) is 16.9 Å². The molecule has 0 atom stereocenters. The van der Waals surface area contributed by atoms with Gasteiger partial charge in [-0.1, -0.05) is 0 Å². The number of nitrogens with one attached hydrogen (secondary N) is 1. The van der Waals surface area contributed by atoms with Gasteiger partial charge in [-0.2, -0.15) is 0 Å². The molecule has 0 saturated carbocycles. The Morgan fingerprint density at radius 1 is 1.50 bits per heavy atom. The van der Waals surface area contributed by atoms with E-state index in [-0.39, 0.29) is 5.56 Å². The van der Waals surface area contributed by atoms with Gasteiger partial charge in [0.05, 0.1) is 6.20 Å². The third-order valence-electron chi connectivity index (χ3n) is 1.49. The summed E-state index contributed by atoms with van der Waals surface area (Å²) >= 11 is 0. The van der Waals surface area contributed by atoms with Gasteiger partial charge in [-0.15, -0.1) is 0 Å². The third-order valence-corrected chi connectivity index (χ3v) is 1.49. The fourth-order valence-electron chi connectivity index (χ4n) is 1.01. The van der Waals surface area contributed by atoms with Crippen LogP contribution in [0.2, 0.25) is 0 Å². The van der Waals surface area contributed by atoms with Crippen molar-refractivity contribution in [3.05, 3.63) is 28.7 Å². The molecule has 1 N–H and O–H groups in total. The van der Waals surface area contributed by atoms with Gasteiger partial charge in [0.1, 0.15) is 17.7 Å². The summed E-state index contributed by atoms with van der Waals surface area (Å²) in [6, 6.07) is 0. The lowest BCUT2D eigenvalue weighted by Crippen LogP contribution is -2.11. The SMILES string of the molecule is Cc1nc2cncnc2c(=O)[nH]1. The molecule has 0 unspecified atom stereocenters. The van der Waals surface area contributed by atoms with E-state index in [0.717, 1.165) is 0 Å². The summed E-state index contributed by atoms with van der Waals surface area (Å²) in [5.41, 5.74) is 0.634. The molecule has 0 amide bonds. The van der Waals surface area contributed by atoms with E-state index in [1.807, 2.05) is 0 Å². The maximum absolute atomic E-state index is 11.2. The Morgan fingerprint density at radius 2 is 2.33 bits per heavy atom. The first-order valence-corrected chi connectivity index (χ1v) is 3.44. The Hall–Kier alpha value is -1.78. The Balaban J connectivity index is 2.99. The minimum atomic E-state index is -0.222. The lowest BCUT2D eigenvalue weighted by atomic mass is 10.4. The molecule has 0 spiro atoms. The molecule has 12 heavy (non-hydrogen) atoms. The van der Waals surface area contributed by atoms with Gasteiger partial charge in [0.25, 0.3) is 5.56 Å². The Bertz CT molecular complexity index is 476. The number of H-pyrrole nitrogens is 1. The van der Waals surface area contributed by atoms with Gasteiger partial charge in [0, 0.05) is 0 Å². The molecule has 0 radical (unpaired) electrons. The number of aryl methyl sites for hydroxylation is 1. The number of hydrogen-bond acceptors (Lipinski definition) is 4. The van der Waals surface area contributed by atoms with Crippen LogP contribution in [0.5, 0.6) is 0 Å². The first-order chi connectivity index (χ1) is 5.77. The van der Waals surface area contributed by atoms with E-state index in [4.69, 9.17) is 0 Å². The minimum Gasteiger partial charge on any atom is -0.309 e. The van der Waals surface area contributed by atoms with Crippen molar-refractivity contribution in [2.24, 2.45) is 0 Å². The second kappa shape index (κ2) is 2.37. The lowest BCUT2D eigenvalue weighted by molar-refractivity contribution is 1.03. The van der Waals surface area contributed by atoms with Crippen LogP contribution in [0.25, 0.3) is 11.0 Å². The number of rotatable bonds is 0. The van der Waals surface area contributed by atoms with Crippen molar-refractivity contribution < 1.29 is 0 Å². The van der Waals surface area contributed by atoms with Gasteiger partial charge in [-0.25, -0.2) is 15.0 Å². The van der Waals surface area contributed by atoms with Gasteiger partial charge in [-0.3, -0.25) is 4.79 Å². The standard InChI is InChI=1S/C7H6N4O/c1-4-10-5-2-8-3-9-6(5)7(12)11-4/h2-3H,1H3,(H,10,11,12).